The van der Waals surface area contributed by atoms with Crippen LogP contribution in [0.15, 0.2) is 16.7 Å². The van der Waals surface area contributed by atoms with Gasteiger partial charge in [0, 0.05) is 11.6 Å². The largest absolute Gasteiger partial charge is 0.469 e. The predicted molar refractivity (Wildman–Crippen MR) is 66.4 cm³/mol. The fourth-order valence-corrected chi connectivity index (χ4v) is 2.36. The fraction of sp³-hybridized carbons (Fsp3) is 0.714. The molecule has 0 saturated heterocycles. The molecule has 0 spiro atoms. The van der Waals surface area contributed by atoms with Crippen molar-refractivity contribution in [1.29, 1.82) is 0 Å². The highest BCUT2D eigenvalue weighted by Crippen LogP contribution is 2.35. The first-order valence-electron chi connectivity index (χ1n) is 6.58. The van der Waals surface area contributed by atoms with Crippen LogP contribution < -0.4 is 5.32 Å². The van der Waals surface area contributed by atoms with Gasteiger partial charge in [-0.2, -0.15) is 0 Å². The minimum atomic E-state index is 0.502. The number of aryl methyl sites for hydroxylation is 1. The zero-order valence-corrected chi connectivity index (χ0v) is 10.5. The van der Waals surface area contributed by atoms with Gasteiger partial charge < -0.3 is 9.73 Å². The van der Waals surface area contributed by atoms with Gasteiger partial charge in [-0.25, -0.2) is 0 Å². The Hall–Kier alpha value is -0.760. The number of hydrogen-bond acceptors (Lipinski definition) is 2. The monoisotopic (exact) mass is 221 g/mol. The molecule has 2 rings (SSSR count). The van der Waals surface area contributed by atoms with Gasteiger partial charge in [0.15, 0.2) is 0 Å². The van der Waals surface area contributed by atoms with E-state index in [2.05, 4.69) is 18.3 Å². The first kappa shape index (κ1) is 11.7. The topological polar surface area (TPSA) is 25.2 Å². The first-order valence-corrected chi connectivity index (χ1v) is 6.58. The zero-order valence-electron chi connectivity index (χ0n) is 10.5. The van der Waals surface area contributed by atoms with Gasteiger partial charge in [-0.05, 0) is 38.3 Å². The highest BCUT2D eigenvalue weighted by atomic mass is 16.3. The van der Waals surface area contributed by atoms with Crippen LogP contribution in [0, 0.1) is 12.8 Å². The molecule has 0 radical (unpaired) electrons. The molecule has 1 aliphatic rings. The van der Waals surface area contributed by atoms with E-state index in [0.717, 1.165) is 18.2 Å². The lowest BCUT2D eigenvalue weighted by molar-refractivity contribution is 0.260. The van der Waals surface area contributed by atoms with Gasteiger partial charge >= 0.3 is 0 Å². The van der Waals surface area contributed by atoms with Crippen molar-refractivity contribution in [1.82, 2.24) is 5.32 Å². The molecule has 1 aliphatic carbocycles. The van der Waals surface area contributed by atoms with E-state index in [1.54, 1.807) is 0 Å². The molecule has 16 heavy (non-hydrogen) atoms. The van der Waals surface area contributed by atoms with Crippen molar-refractivity contribution in [3.05, 3.63) is 23.7 Å². The molecule has 0 aliphatic heterocycles. The summed E-state index contributed by atoms with van der Waals surface area (Å²) in [6.07, 6.45) is 8.65. The maximum atomic E-state index is 5.42. The fourth-order valence-electron chi connectivity index (χ4n) is 2.36. The second-order valence-electron chi connectivity index (χ2n) is 5.03. The molecule has 2 nitrogen and oxygen atoms in total. The van der Waals surface area contributed by atoms with Crippen LogP contribution >= 0.6 is 0 Å². The minimum Gasteiger partial charge on any atom is -0.469 e. The Labute approximate surface area is 98.4 Å². The van der Waals surface area contributed by atoms with Crippen LogP contribution in [0.2, 0.25) is 0 Å². The van der Waals surface area contributed by atoms with Crippen molar-refractivity contribution in [2.75, 3.05) is 6.54 Å². The number of nitrogens with one attached hydrogen (secondary N) is 1. The highest BCUT2D eigenvalue weighted by molar-refractivity contribution is 5.16. The highest BCUT2D eigenvalue weighted by Gasteiger charge is 2.23. The molecule has 0 aromatic carbocycles. The molecule has 2 heteroatoms. The summed E-state index contributed by atoms with van der Waals surface area (Å²) in [4.78, 5) is 0. The normalized spacial score (nSPS) is 18.4. The SMILES string of the molecule is CCCNC(CC1CCC1)c1coc(C)c1. The molecule has 90 valence electrons. The van der Waals surface area contributed by atoms with E-state index in [-0.39, 0.29) is 0 Å². The minimum absolute atomic E-state index is 0.502. The van der Waals surface area contributed by atoms with Crippen molar-refractivity contribution in [2.24, 2.45) is 5.92 Å². The van der Waals surface area contributed by atoms with E-state index in [0.29, 0.717) is 6.04 Å². The zero-order chi connectivity index (χ0) is 11.4. The summed E-state index contributed by atoms with van der Waals surface area (Å²) in [6, 6.07) is 2.68. The molecule has 0 bridgehead atoms. The lowest BCUT2D eigenvalue weighted by Crippen LogP contribution is -2.26. The van der Waals surface area contributed by atoms with E-state index in [9.17, 15) is 0 Å². The Balaban J connectivity index is 1.95. The molecule has 1 heterocycles. The Morgan fingerprint density at radius 3 is 2.81 bits per heavy atom. The van der Waals surface area contributed by atoms with Gasteiger partial charge in [-0.3, -0.25) is 0 Å². The maximum absolute atomic E-state index is 5.42. The van der Waals surface area contributed by atoms with Crippen LogP contribution in [0.1, 0.15) is 56.4 Å². The number of rotatable bonds is 6. The average molecular weight is 221 g/mol. The van der Waals surface area contributed by atoms with Crippen molar-refractivity contribution >= 4 is 0 Å². The number of hydrogen-bond donors (Lipinski definition) is 1. The first-order chi connectivity index (χ1) is 7.79. The molecule has 1 fully saturated rings. The van der Waals surface area contributed by atoms with Crippen LogP contribution in [0.3, 0.4) is 0 Å². The third-order valence-electron chi connectivity index (χ3n) is 3.59. The van der Waals surface area contributed by atoms with Gasteiger partial charge in [0.1, 0.15) is 5.76 Å². The number of furan rings is 1. The van der Waals surface area contributed by atoms with E-state index >= 15 is 0 Å². The average Bonchev–Trinajstić information content (AvgIpc) is 2.62. The summed E-state index contributed by atoms with van der Waals surface area (Å²) in [7, 11) is 0. The van der Waals surface area contributed by atoms with E-state index in [4.69, 9.17) is 4.42 Å². The van der Waals surface area contributed by atoms with Gasteiger partial charge in [-0.1, -0.05) is 26.2 Å². The Morgan fingerprint density at radius 1 is 1.50 bits per heavy atom. The summed E-state index contributed by atoms with van der Waals surface area (Å²) in [5.74, 6) is 1.96. The summed E-state index contributed by atoms with van der Waals surface area (Å²) in [6.45, 7) is 5.33. The van der Waals surface area contributed by atoms with Crippen molar-refractivity contribution in [3.63, 3.8) is 0 Å². The quantitative estimate of drug-likeness (QED) is 0.790. The standard InChI is InChI=1S/C14H23NO/c1-3-7-15-14(9-12-5-4-6-12)13-8-11(2)16-10-13/h8,10,12,14-15H,3-7,9H2,1-2H3. The molecule has 1 saturated carbocycles. The van der Waals surface area contributed by atoms with Crippen LogP contribution in [0.25, 0.3) is 0 Å². The third kappa shape index (κ3) is 2.88. The third-order valence-corrected chi connectivity index (χ3v) is 3.59. The van der Waals surface area contributed by atoms with Crippen LogP contribution in [0.4, 0.5) is 0 Å². The summed E-state index contributed by atoms with van der Waals surface area (Å²) in [5, 5.41) is 3.64. The van der Waals surface area contributed by atoms with Gasteiger partial charge in [-0.15, -0.1) is 0 Å². The molecule has 1 aromatic heterocycles. The molecule has 1 N–H and O–H groups in total. The van der Waals surface area contributed by atoms with Gasteiger partial charge in [0.05, 0.1) is 6.26 Å². The summed E-state index contributed by atoms with van der Waals surface area (Å²) >= 11 is 0. The van der Waals surface area contributed by atoms with Crippen LogP contribution in [0.5, 0.6) is 0 Å². The Bertz CT molecular complexity index is 314. The Kier molecular flexibility index (Phi) is 4.05. The Morgan fingerprint density at radius 2 is 2.31 bits per heavy atom. The smallest absolute Gasteiger partial charge is 0.101 e. The molecule has 0 amide bonds. The second-order valence-corrected chi connectivity index (χ2v) is 5.03. The van der Waals surface area contributed by atoms with E-state index in [1.165, 1.54) is 37.7 Å². The molecule has 1 aromatic rings. The molecular weight excluding hydrogens is 198 g/mol. The molecule has 1 atom stereocenters. The summed E-state index contributed by atoms with van der Waals surface area (Å²) < 4.78 is 5.42. The van der Waals surface area contributed by atoms with Crippen molar-refractivity contribution in [2.45, 2.75) is 52.0 Å². The lowest BCUT2D eigenvalue weighted by Gasteiger charge is -2.29. The van der Waals surface area contributed by atoms with Gasteiger partial charge in [0.2, 0.25) is 0 Å². The van der Waals surface area contributed by atoms with Gasteiger partial charge in [0.25, 0.3) is 0 Å². The predicted octanol–water partition coefficient (Wildman–Crippen LogP) is 3.82. The van der Waals surface area contributed by atoms with Crippen LogP contribution in [-0.2, 0) is 0 Å². The molecule has 1 unspecified atom stereocenters. The summed E-state index contributed by atoms with van der Waals surface area (Å²) in [5.41, 5.74) is 1.33. The van der Waals surface area contributed by atoms with Crippen molar-refractivity contribution in [3.8, 4) is 0 Å². The lowest BCUT2D eigenvalue weighted by atomic mass is 9.80. The van der Waals surface area contributed by atoms with E-state index in [1.807, 2.05) is 13.2 Å². The van der Waals surface area contributed by atoms with E-state index < -0.39 is 0 Å². The van der Waals surface area contributed by atoms with Crippen LogP contribution in [-0.4, -0.2) is 6.54 Å². The molecular formula is C14H23NO. The second kappa shape index (κ2) is 5.53. The maximum Gasteiger partial charge on any atom is 0.101 e. The van der Waals surface area contributed by atoms with Crippen molar-refractivity contribution < 1.29 is 4.42 Å².